The van der Waals surface area contributed by atoms with Gasteiger partial charge < -0.3 is 35.6 Å². The van der Waals surface area contributed by atoms with Crippen LogP contribution in [-0.4, -0.2) is 72.6 Å². The van der Waals surface area contributed by atoms with Crippen LogP contribution in [0.1, 0.15) is 34.8 Å². The van der Waals surface area contributed by atoms with Crippen molar-refractivity contribution in [2.24, 2.45) is 0 Å². The number of amides is 5. The van der Waals surface area contributed by atoms with Gasteiger partial charge in [0.1, 0.15) is 6.54 Å². The summed E-state index contributed by atoms with van der Waals surface area (Å²) in [5.41, 5.74) is 3.76. The number of fused-ring (bicyclic) bond motifs is 1. The third kappa shape index (κ3) is 7.98. The Hall–Kier alpha value is -5.23. The number of para-hydroxylation sites is 1. The van der Waals surface area contributed by atoms with Crippen LogP contribution >= 0.6 is 0 Å². The number of anilines is 4. The number of rotatable bonds is 11. The number of hydrogen-bond acceptors (Lipinski definition) is 6. The van der Waals surface area contributed by atoms with Crippen LogP contribution in [0.15, 0.2) is 66.7 Å². The summed E-state index contributed by atoms with van der Waals surface area (Å²) in [6.45, 7) is 3.49. The van der Waals surface area contributed by atoms with Crippen LogP contribution < -0.4 is 20.9 Å². The standard InChI is InChI=1S/C32H35N5O7/c1-20-6-4-5-7-26(20)35-32(43)34-23-10-8-22(9-11-23)16-28(38)33-24-12-13-27-25(17-24)31(42)36(15-14-30(40)41)18-29(39)37(27)21(2)19-44-3/h4-13,17,21H,14-16,18-19H2,1-3H3,(H,33,38)(H,40,41)(H2,34,35,43). The number of benzene rings is 3. The molecule has 1 atom stereocenters. The summed E-state index contributed by atoms with van der Waals surface area (Å²) in [4.78, 5) is 65.8. The smallest absolute Gasteiger partial charge is 0.323 e. The summed E-state index contributed by atoms with van der Waals surface area (Å²) in [6.07, 6.45) is -0.287. The zero-order valence-corrected chi connectivity index (χ0v) is 24.8. The van der Waals surface area contributed by atoms with E-state index in [0.29, 0.717) is 28.3 Å². The van der Waals surface area contributed by atoms with E-state index >= 15 is 0 Å². The van der Waals surface area contributed by atoms with Gasteiger partial charge in [-0.1, -0.05) is 30.3 Å². The quantitative estimate of drug-likeness (QED) is 0.257. The number of ether oxygens (including phenoxy) is 1. The zero-order valence-electron chi connectivity index (χ0n) is 24.8. The van der Waals surface area contributed by atoms with E-state index in [9.17, 15) is 24.0 Å². The first-order valence-electron chi connectivity index (χ1n) is 14.0. The molecule has 0 fully saturated rings. The molecule has 12 nitrogen and oxygen atoms in total. The van der Waals surface area contributed by atoms with Gasteiger partial charge in [0.2, 0.25) is 11.8 Å². The Balaban J connectivity index is 1.45. The van der Waals surface area contributed by atoms with Crippen LogP contribution in [0.25, 0.3) is 0 Å². The number of hydrogen-bond donors (Lipinski definition) is 4. The maximum Gasteiger partial charge on any atom is 0.323 e. The van der Waals surface area contributed by atoms with Crippen LogP contribution in [0.3, 0.4) is 0 Å². The lowest BCUT2D eigenvalue weighted by atomic mass is 10.1. The number of urea groups is 1. The molecule has 0 aliphatic carbocycles. The number of carboxylic acids is 1. The molecule has 3 aromatic rings. The second-order valence-electron chi connectivity index (χ2n) is 10.5. The molecule has 4 N–H and O–H groups in total. The Morgan fingerprint density at radius 2 is 1.66 bits per heavy atom. The highest BCUT2D eigenvalue weighted by molar-refractivity contribution is 6.11. The minimum Gasteiger partial charge on any atom is -0.481 e. The van der Waals surface area contributed by atoms with Crippen molar-refractivity contribution in [3.8, 4) is 0 Å². The number of methoxy groups -OCH3 is 1. The summed E-state index contributed by atoms with van der Waals surface area (Å²) < 4.78 is 5.23. The van der Waals surface area contributed by atoms with E-state index in [1.165, 1.54) is 23.0 Å². The van der Waals surface area contributed by atoms with Gasteiger partial charge >= 0.3 is 12.0 Å². The number of carbonyl (C=O) groups excluding carboxylic acids is 4. The molecule has 0 aromatic heterocycles. The predicted molar refractivity (Wildman–Crippen MR) is 166 cm³/mol. The Kier molecular flexibility index (Phi) is 10.3. The van der Waals surface area contributed by atoms with E-state index in [1.54, 1.807) is 43.3 Å². The van der Waals surface area contributed by atoms with Crippen molar-refractivity contribution in [3.05, 3.63) is 83.4 Å². The highest BCUT2D eigenvalue weighted by Crippen LogP contribution is 2.30. The van der Waals surface area contributed by atoms with Gasteiger partial charge in [0.15, 0.2) is 0 Å². The van der Waals surface area contributed by atoms with Crippen LogP contribution in [-0.2, 0) is 25.5 Å². The summed E-state index contributed by atoms with van der Waals surface area (Å²) in [6, 6.07) is 18.2. The molecule has 0 saturated heterocycles. The second-order valence-corrected chi connectivity index (χ2v) is 10.5. The second kappa shape index (κ2) is 14.3. The summed E-state index contributed by atoms with van der Waals surface area (Å²) in [7, 11) is 1.51. The third-order valence-electron chi connectivity index (χ3n) is 7.07. The first kappa shape index (κ1) is 31.7. The molecule has 12 heteroatoms. The van der Waals surface area contributed by atoms with Gasteiger partial charge in [-0.05, 0) is 61.4 Å². The van der Waals surface area contributed by atoms with Crippen molar-refractivity contribution < 1.29 is 33.8 Å². The number of nitrogens with one attached hydrogen (secondary N) is 3. The molecule has 1 aliphatic rings. The first-order chi connectivity index (χ1) is 21.0. The largest absolute Gasteiger partial charge is 0.481 e. The third-order valence-corrected chi connectivity index (χ3v) is 7.07. The topological polar surface area (TPSA) is 157 Å². The predicted octanol–water partition coefficient (Wildman–Crippen LogP) is 4.12. The van der Waals surface area contributed by atoms with Crippen molar-refractivity contribution in [2.75, 3.05) is 47.7 Å². The molecular weight excluding hydrogens is 566 g/mol. The number of aliphatic carboxylic acids is 1. The van der Waals surface area contributed by atoms with Crippen LogP contribution in [0.5, 0.6) is 0 Å². The average Bonchev–Trinajstić information content (AvgIpc) is 3.07. The van der Waals surface area contributed by atoms with E-state index in [0.717, 1.165) is 5.56 Å². The van der Waals surface area contributed by atoms with Gasteiger partial charge in [-0.15, -0.1) is 0 Å². The fourth-order valence-electron chi connectivity index (χ4n) is 4.92. The molecule has 0 bridgehead atoms. The molecule has 1 aliphatic heterocycles. The molecule has 0 radical (unpaired) electrons. The molecule has 0 spiro atoms. The van der Waals surface area contributed by atoms with Gasteiger partial charge in [0, 0.05) is 30.7 Å². The van der Waals surface area contributed by atoms with Gasteiger partial charge in [-0.25, -0.2) is 4.79 Å². The lowest BCUT2D eigenvalue weighted by Gasteiger charge is -2.29. The minimum absolute atomic E-state index is 0.0287. The molecule has 44 heavy (non-hydrogen) atoms. The molecule has 0 saturated carbocycles. The van der Waals surface area contributed by atoms with Crippen molar-refractivity contribution in [3.63, 3.8) is 0 Å². The van der Waals surface area contributed by atoms with E-state index in [2.05, 4.69) is 16.0 Å². The van der Waals surface area contributed by atoms with Crippen molar-refractivity contribution in [1.29, 1.82) is 0 Å². The van der Waals surface area contributed by atoms with Crippen molar-refractivity contribution in [2.45, 2.75) is 32.7 Å². The normalized spacial score (nSPS) is 13.5. The summed E-state index contributed by atoms with van der Waals surface area (Å²) >= 11 is 0. The van der Waals surface area contributed by atoms with E-state index in [-0.39, 0.29) is 55.9 Å². The maximum atomic E-state index is 13.5. The molecule has 5 amide bonds. The van der Waals surface area contributed by atoms with Crippen LogP contribution in [0.2, 0.25) is 0 Å². The SMILES string of the molecule is COCC(C)N1C(=O)CN(CCC(=O)O)C(=O)c2cc(NC(=O)Cc3ccc(NC(=O)Nc4ccccc4C)cc3)ccc21. The van der Waals surface area contributed by atoms with Crippen molar-refractivity contribution in [1.82, 2.24) is 4.90 Å². The Morgan fingerprint density at radius 1 is 0.955 bits per heavy atom. The Morgan fingerprint density at radius 3 is 2.34 bits per heavy atom. The fourth-order valence-corrected chi connectivity index (χ4v) is 4.92. The fraction of sp³-hybridized carbons (Fsp3) is 0.281. The maximum absolute atomic E-state index is 13.5. The van der Waals surface area contributed by atoms with Gasteiger partial charge in [0.25, 0.3) is 5.91 Å². The van der Waals surface area contributed by atoms with E-state index < -0.39 is 17.9 Å². The lowest BCUT2D eigenvalue weighted by Crippen LogP contribution is -2.45. The van der Waals surface area contributed by atoms with Gasteiger partial charge in [-0.2, -0.15) is 0 Å². The molecule has 4 rings (SSSR count). The summed E-state index contributed by atoms with van der Waals surface area (Å²) in [5, 5.41) is 17.5. The number of aryl methyl sites for hydroxylation is 1. The highest BCUT2D eigenvalue weighted by atomic mass is 16.5. The molecule has 230 valence electrons. The number of nitrogens with zero attached hydrogens (tertiary/aromatic N) is 2. The monoisotopic (exact) mass is 601 g/mol. The zero-order chi connectivity index (χ0) is 31.8. The first-order valence-corrected chi connectivity index (χ1v) is 14.0. The van der Waals surface area contributed by atoms with Gasteiger partial charge in [0.05, 0.1) is 36.7 Å². The van der Waals surface area contributed by atoms with E-state index in [4.69, 9.17) is 9.84 Å². The Bertz CT molecular complexity index is 1560. The van der Waals surface area contributed by atoms with Crippen LogP contribution in [0, 0.1) is 6.92 Å². The molecular formula is C32H35N5O7. The van der Waals surface area contributed by atoms with Crippen LogP contribution in [0.4, 0.5) is 27.5 Å². The molecule has 1 heterocycles. The highest BCUT2D eigenvalue weighted by Gasteiger charge is 2.34. The molecule has 3 aromatic carbocycles. The number of carboxylic acid groups (broad SMARTS) is 1. The Labute approximate surface area is 255 Å². The molecule has 1 unspecified atom stereocenters. The van der Waals surface area contributed by atoms with Crippen molar-refractivity contribution >= 4 is 52.5 Å². The lowest BCUT2D eigenvalue weighted by molar-refractivity contribution is -0.137. The number of carbonyl (C=O) groups is 5. The minimum atomic E-state index is -1.09. The van der Waals surface area contributed by atoms with Gasteiger partial charge in [-0.3, -0.25) is 19.2 Å². The summed E-state index contributed by atoms with van der Waals surface area (Å²) in [5.74, 6) is -2.30. The van der Waals surface area contributed by atoms with E-state index in [1.807, 2.05) is 31.2 Å². The average molecular weight is 602 g/mol.